The molecule has 1 aromatic heterocycles. The zero-order valence-electron chi connectivity index (χ0n) is 6.74. The van der Waals surface area contributed by atoms with Crippen molar-refractivity contribution in [3.8, 4) is 0 Å². The number of nitrogens with zero attached hydrogens (tertiary/aromatic N) is 2. The molecule has 0 radical (unpaired) electrons. The van der Waals surface area contributed by atoms with E-state index in [4.69, 9.17) is 5.21 Å². The molecule has 4 nitrogen and oxygen atoms in total. The van der Waals surface area contributed by atoms with Crippen molar-refractivity contribution in [3.05, 3.63) is 22.9 Å². The number of hydrogen-bond donors (Lipinski definition) is 1. The van der Waals surface area contributed by atoms with Gasteiger partial charge in [0.25, 0.3) is 6.33 Å². The van der Waals surface area contributed by atoms with Gasteiger partial charge in [0.05, 0.1) is 0 Å². The van der Waals surface area contributed by atoms with Crippen molar-refractivity contribution in [3.63, 3.8) is 0 Å². The van der Waals surface area contributed by atoms with Crippen LogP contribution in [-0.2, 0) is 6.42 Å². The van der Waals surface area contributed by atoms with Gasteiger partial charge >= 0.3 is 0 Å². The van der Waals surface area contributed by atoms with E-state index in [1.54, 1.807) is 6.92 Å². The molecular formula is C7H12N2O2. The number of rotatable bonds is 2. The smallest absolute Gasteiger partial charge is 0.287 e. The standard InChI is InChI=1S/C7H12N2O2/c1-3-4-7-6(2)8(10)5-9(7)11/h5,11H,3-4H2,1-2H3. The summed E-state index contributed by atoms with van der Waals surface area (Å²) in [6.07, 6.45) is 2.78. The molecule has 0 saturated heterocycles. The van der Waals surface area contributed by atoms with Crippen molar-refractivity contribution in [2.24, 2.45) is 0 Å². The molecule has 0 spiro atoms. The van der Waals surface area contributed by atoms with Crippen LogP contribution < -0.4 is 4.73 Å². The van der Waals surface area contributed by atoms with Gasteiger partial charge in [-0.1, -0.05) is 11.7 Å². The average molecular weight is 156 g/mol. The molecule has 1 rings (SSSR count). The predicted molar refractivity (Wildman–Crippen MR) is 39.3 cm³/mol. The van der Waals surface area contributed by atoms with E-state index in [1.165, 1.54) is 0 Å². The molecule has 0 bridgehead atoms. The van der Waals surface area contributed by atoms with Gasteiger partial charge in [-0.15, -0.1) is 0 Å². The number of imidazole rings is 1. The average Bonchev–Trinajstić information content (AvgIpc) is 2.17. The van der Waals surface area contributed by atoms with E-state index in [9.17, 15) is 5.21 Å². The van der Waals surface area contributed by atoms with Crippen LogP contribution in [0.2, 0.25) is 0 Å². The Morgan fingerprint density at radius 3 is 2.73 bits per heavy atom. The summed E-state index contributed by atoms with van der Waals surface area (Å²) in [6, 6.07) is 0. The maximum absolute atomic E-state index is 10.9. The second kappa shape index (κ2) is 2.82. The molecule has 0 saturated carbocycles. The summed E-state index contributed by atoms with van der Waals surface area (Å²) in [6.45, 7) is 3.70. The third-order valence-electron chi connectivity index (χ3n) is 1.73. The molecule has 1 N–H and O–H groups in total. The monoisotopic (exact) mass is 156 g/mol. The second-order valence-electron chi connectivity index (χ2n) is 2.57. The van der Waals surface area contributed by atoms with E-state index in [-0.39, 0.29) is 0 Å². The summed E-state index contributed by atoms with van der Waals surface area (Å²) in [5.74, 6) is 0. The summed E-state index contributed by atoms with van der Waals surface area (Å²) < 4.78 is 1.57. The Morgan fingerprint density at radius 1 is 1.73 bits per heavy atom. The topological polar surface area (TPSA) is 52.1 Å². The first-order valence-electron chi connectivity index (χ1n) is 3.66. The van der Waals surface area contributed by atoms with E-state index in [2.05, 4.69) is 0 Å². The van der Waals surface area contributed by atoms with Crippen molar-refractivity contribution >= 4 is 0 Å². The van der Waals surface area contributed by atoms with Gasteiger partial charge < -0.3 is 10.4 Å². The van der Waals surface area contributed by atoms with Gasteiger partial charge in [-0.25, -0.2) is 4.73 Å². The lowest BCUT2D eigenvalue weighted by Gasteiger charge is -1.96. The van der Waals surface area contributed by atoms with E-state index in [1.807, 2.05) is 6.92 Å². The normalized spacial score (nSPS) is 10.4. The van der Waals surface area contributed by atoms with Gasteiger partial charge in [0, 0.05) is 13.3 Å². The minimum absolute atomic E-state index is 0.578. The first-order valence-corrected chi connectivity index (χ1v) is 3.66. The van der Waals surface area contributed by atoms with Gasteiger partial charge in [-0.3, -0.25) is 0 Å². The molecule has 0 unspecified atom stereocenters. The maximum atomic E-state index is 10.9. The fraction of sp³-hybridized carbons (Fsp3) is 0.571. The van der Waals surface area contributed by atoms with Crippen LogP contribution in [0.3, 0.4) is 0 Å². The minimum atomic E-state index is 0.578. The fourth-order valence-corrected chi connectivity index (χ4v) is 1.08. The largest absolute Gasteiger partial charge is 0.711 e. The first-order chi connectivity index (χ1) is 5.16. The summed E-state index contributed by atoms with van der Waals surface area (Å²) in [4.78, 5) is 0. The van der Waals surface area contributed by atoms with E-state index < -0.39 is 0 Å². The van der Waals surface area contributed by atoms with Crippen molar-refractivity contribution in [1.82, 2.24) is 4.73 Å². The third kappa shape index (κ3) is 1.29. The van der Waals surface area contributed by atoms with Gasteiger partial charge in [0.2, 0.25) is 0 Å². The van der Waals surface area contributed by atoms with Crippen LogP contribution in [-0.4, -0.2) is 9.94 Å². The van der Waals surface area contributed by atoms with Crippen molar-refractivity contribution < 1.29 is 9.94 Å². The number of hydrogen-bond acceptors (Lipinski definition) is 2. The zero-order chi connectivity index (χ0) is 8.43. The Bertz CT molecular complexity index is 255. The first kappa shape index (κ1) is 7.91. The van der Waals surface area contributed by atoms with Crippen LogP contribution in [0.1, 0.15) is 24.7 Å². The van der Waals surface area contributed by atoms with Crippen molar-refractivity contribution in [2.45, 2.75) is 26.7 Å². The molecule has 1 aromatic rings. The van der Waals surface area contributed by atoms with Gasteiger partial charge in [0.1, 0.15) is 5.69 Å². The Labute approximate surface area is 65.2 Å². The highest BCUT2D eigenvalue weighted by Gasteiger charge is 2.14. The van der Waals surface area contributed by atoms with Crippen LogP contribution in [0.5, 0.6) is 0 Å². The highest BCUT2D eigenvalue weighted by molar-refractivity contribution is 5.04. The highest BCUT2D eigenvalue weighted by atomic mass is 16.5. The van der Waals surface area contributed by atoms with Gasteiger partial charge in [-0.05, 0) is 6.42 Å². The molecule has 11 heavy (non-hydrogen) atoms. The Kier molecular flexibility index (Phi) is 2.03. The molecule has 0 amide bonds. The SMILES string of the molecule is CCCc1c(C)[n+]([O-])cn1O. The van der Waals surface area contributed by atoms with Crippen LogP contribution in [0.25, 0.3) is 0 Å². The molecule has 0 aliphatic rings. The van der Waals surface area contributed by atoms with Gasteiger partial charge in [0.15, 0.2) is 5.69 Å². The molecular weight excluding hydrogens is 144 g/mol. The lowest BCUT2D eigenvalue weighted by molar-refractivity contribution is -0.613. The molecule has 0 fully saturated rings. The Balaban J connectivity index is 3.02. The van der Waals surface area contributed by atoms with Crippen molar-refractivity contribution in [2.75, 3.05) is 0 Å². The third-order valence-corrected chi connectivity index (χ3v) is 1.73. The van der Waals surface area contributed by atoms with Crippen LogP contribution >= 0.6 is 0 Å². The van der Waals surface area contributed by atoms with Gasteiger partial charge in [-0.2, -0.15) is 0 Å². The fourth-order valence-electron chi connectivity index (χ4n) is 1.08. The molecule has 0 atom stereocenters. The van der Waals surface area contributed by atoms with E-state index in [0.29, 0.717) is 16.1 Å². The minimum Gasteiger partial charge on any atom is -0.711 e. The maximum Gasteiger partial charge on any atom is 0.287 e. The van der Waals surface area contributed by atoms with E-state index in [0.717, 1.165) is 23.9 Å². The molecule has 0 aliphatic carbocycles. The Morgan fingerprint density at radius 2 is 2.36 bits per heavy atom. The summed E-state index contributed by atoms with van der Waals surface area (Å²) in [5, 5.41) is 20.0. The summed E-state index contributed by atoms with van der Waals surface area (Å²) in [7, 11) is 0. The number of aromatic nitrogens is 2. The lowest BCUT2D eigenvalue weighted by Crippen LogP contribution is -2.26. The van der Waals surface area contributed by atoms with Crippen LogP contribution in [0, 0.1) is 12.1 Å². The zero-order valence-corrected chi connectivity index (χ0v) is 6.74. The predicted octanol–water partition coefficient (Wildman–Crippen LogP) is 0.620. The highest BCUT2D eigenvalue weighted by Crippen LogP contribution is 2.04. The Hall–Kier alpha value is -1.19. The molecule has 0 aromatic carbocycles. The molecule has 62 valence electrons. The van der Waals surface area contributed by atoms with Crippen LogP contribution in [0.15, 0.2) is 6.33 Å². The van der Waals surface area contributed by atoms with E-state index >= 15 is 0 Å². The molecule has 4 heteroatoms. The quantitative estimate of drug-likeness (QED) is 0.387. The molecule has 1 heterocycles. The van der Waals surface area contributed by atoms with Crippen molar-refractivity contribution in [1.29, 1.82) is 0 Å². The summed E-state index contributed by atoms with van der Waals surface area (Å²) >= 11 is 0. The summed E-state index contributed by atoms with van der Waals surface area (Å²) in [5.41, 5.74) is 1.27. The lowest BCUT2D eigenvalue weighted by atomic mass is 10.2. The molecule has 0 aliphatic heterocycles. The van der Waals surface area contributed by atoms with Crippen LogP contribution in [0.4, 0.5) is 0 Å². The second-order valence-corrected chi connectivity index (χ2v) is 2.57.